The van der Waals surface area contributed by atoms with Gasteiger partial charge in [-0.05, 0) is 35.6 Å². The third-order valence-electron chi connectivity index (χ3n) is 3.62. The summed E-state index contributed by atoms with van der Waals surface area (Å²) >= 11 is 5.88. The number of halogens is 1. The van der Waals surface area contributed by atoms with Crippen LogP contribution in [0.4, 0.5) is 0 Å². The Balaban J connectivity index is 1.81. The van der Waals surface area contributed by atoms with Crippen molar-refractivity contribution in [1.29, 1.82) is 0 Å². The van der Waals surface area contributed by atoms with Crippen LogP contribution in [0, 0.1) is 5.92 Å². The second-order valence-electron chi connectivity index (χ2n) is 4.85. The molecule has 1 N–H and O–H groups in total. The van der Waals surface area contributed by atoms with E-state index in [9.17, 15) is 5.21 Å². The molecule has 1 aliphatic rings. The molecule has 2 aromatic rings. The number of rotatable bonds is 3. The minimum absolute atomic E-state index is 0.300. The van der Waals surface area contributed by atoms with E-state index >= 15 is 0 Å². The molecule has 0 aromatic heterocycles. The average Bonchev–Trinajstić information content (AvgIpc) is 3.23. The quantitative estimate of drug-likeness (QED) is 0.503. The van der Waals surface area contributed by atoms with Crippen LogP contribution in [0.25, 0.3) is 0 Å². The van der Waals surface area contributed by atoms with Gasteiger partial charge in [0.15, 0.2) is 0 Å². The molecule has 1 saturated carbocycles. The highest BCUT2D eigenvalue weighted by Gasteiger charge is 2.42. The van der Waals surface area contributed by atoms with E-state index in [1.807, 2.05) is 42.5 Å². The Morgan fingerprint density at radius 3 is 2.37 bits per heavy atom. The first-order valence-corrected chi connectivity index (χ1v) is 6.70. The third kappa shape index (κ3) is 2.49. The van der Waals surface area contributed by atoms with E-state index in [1.165, 1.54) is 5.56 Å². The van der Waals surface area contributed by atoms with E-state index in [2.05, 4.69) is 17.3 Å². The summed E-state index contributed by atoms with van der Waals surface area (Å²) in [5.74, 6) is 0.761. The van der Waals surface area contributed by atoms with Crippen LogP contribution in [-0.4, -0.2) is 10.9 Å². The molecule has 3 rings (SSSR count). The van der Waals surface area contributed by atoms with Crippen molar-refractivity contribution >= 4 is 17.3 Å². The van der Waals surface area contributed by atoms with Crippen molar-refractivity contribution in [1.82, 2.24) is 0 Å². The summed E-state index contributed by atoms with van der Waals surface area (Å²) in [6.45, 7) is 0. The maximum Gasteiger partial charge on any atom is 0.0904 e. The van der Waals surface area contributed by atoms with Gasteiger partial charge in [0.25, 0.3) is 0 Å². The normalized spacial score (nSPS) is 22.3. The van der Waals surface area contributed by atoms with Gasteiger partial charge in [-0.15, -0.1) is 0 Å². The van der Waals surface area contributed by atoms with Gasteiger partial charge in [-0.3, -0.25) is 0 Å². The minimum Gasteiger partial charge on any atom is -0.411 e. The Morgan fingerprint density at radius 1 is 1.05 bits per heavy atom. The second kappa shape index (κ2) is 5.06. The summed E-state index contributed by atoms with van der Waals surface area (Å²) < 4.78 is 0. The van der Waals surface area contributed by atoms with Crippen LogP contribution >= 0.6 is 11.6 Å². The first-order chi connectivity index (χ1) is 9.29. The molecule has 0 radical (unpaired) electrons. The van der Waals surface area contributed by atoms with Crippen molar-refractivity contribution in [3.8, 4) is 0 Å². The molecule has 3 heteroatoms. The lowest BCUT2D eigenvalue weighted by molar-refractivity contribution is 0.317. The average molecular weight is 272 g/mol. The van der Waals surface area contributed by atoms with Crippen LogP contribution in [0.3, 0.4) is 0 Å². The molecule has 96 valence electrons. The Kier molecular flexibility index (Phi) is 3.26. The third-order valence-corrected chi connectivity index (χ3v) is 3.87. The highest BCUT2D eigenvalue weighted by molar-refractivity contribution is 6.30. The molecule has 1 aliphatic carbocycles. The van der Waals surface area contributed by atoms with E-state index in [0.717, 1.165) is 17.7 Å². The first kappa shape index (κ1) is 12.2. The Hall–Kier alpha value is -1.80. The SMILES string of the molecule is O/N=C(\c1ccc(Cl)cc1)[C@@H]1C[C@H]1c1ccccc1. The zero-order valence-corrected chi connectivity index (χ0v) is 11.1. The fourth-order valence-corrected chi connectivity index (χ4v) is 2.66. The first-order valence-electron chi connectivity index (χ1n) is 6.32. The van der Waals surface area contributed by atoms with Crippen molar-refractivity contribution in [2.75, 3.05) is 0 Å². The predicted molar refractivity (Wildman–Crippen MR) is 77.1 cm³/mol. The maximum atomic E-state index is 9.28. The molecule has 0 saturated heterocycles. The molecule has 0 heterocycles. The fourth-order valence-electron chi connectivity index (χ4n) is 2.53. The van der Waals surface area contributed by atoms with Crippen LogP contribution in [-0.2, 0) is 0 Å². The molecule has 0 bridgehead atoms. The second-order valence-corrected chi connectivity index (χ2v) is 5.29. The molecule has 1 fully saturated rings. The van der Waals surface area contributed by atoms with Crippen LogP contribution < -0.4 is 0 Å². The number of hydrogen-bond donors (Lipinski definition) is 1. The zero-order valence-electron chi connectivity index (χ0n) is 10.3. The number of benzene rings is 2. The molecular weight excluding hydrogens is 258 g/mol. The summed E-state index contributed by atoms with van der Waals surface area (Å²) in [5.41, 5.74) is 3.00. The minimum atomic E-state index is 0.300. The monoisotopic (exact) mass is 271 g/mol. The van der Waals surface area contributed by atoms with Gasteiger partial charge in [-0.1, -0.05) is 59.2 Å². The molecule has 0 spiro atoms. The van der Waals surface area contributed by atoms with Crippen molar-refractivity contribution < 1.29 is 5.21 Å². The largest absolute Gasteiger partial charge is 0.411 e. The van der Waals surface area contributed by atoms with Crippen LogP contribution in [0.1, 0.15) is 23.5 Å². The summed E-state index contributed by atoms with van der Waals surface area (Å²) in [6.07, 6.45) is 1.03. The molecule has 0 unspecified atom stereocenters. The topological polar surface area (TPSA) is 32.6 Å². The van der Waals surface area contributed by atoms with Crippen molar-refractivity contribution in [3.05, 3.63) is 70.7 Å². The van der Waals surface area contributed by atoms with Gasteiger partial charge in [0.1, 0.15) is 0 Å². The molecule has 2 nitrogen and oxygen atoms in total. The zero-order chi connectivity index (χ0) is 13.2. The van der Waals surface area contributed by atoms with Crippen molar-refractivity contribution in [3.63, 3.8) is 0 Å². The van der Waals surface area contributed by atoms with E-state index in [-0.39, 0.29) is 0 Å². The van der Waals surface area contributed by atoms with Gasteiger partial charge in [0.05, 0.1) is 5.71 Å². The summed E-state index contributed by atoms with van der Waals surface area (Å²) in [6, 6.07) is 17.8. The van der Waals surface area contributed by atoms with Gasteiger partial charge in [-0.2, -0.15) is 0 Å². The van der Waals surface area contributed by atoms with Gasteiger partial charge in [0, 0.05) is 10.9 Å². The Bertz CT molecular complexity index is 592. The summed E-state index contributed by atoms with van der Waals surface area (Å²) in [7, 11) is 0. The smallest absolute Gasteiger partial charge is 0.0904 e. The van der Waals surface area contributed by atoms with Gasteiger partial charge in [0.2, 0.25) is 0 Å². The summed E-state index contributed by atoms with van der Waals surface area (Å²) in [5, 5.41) is 13.5. The van der Waals surface area contributed by atoms with Crippen LogP contribution in [0.5, 0.6) is 0 Å². The van der Waals surface area contributed by atoms with E-state index in [1.54, 1.807) is 0 Å². The van der Waals surface area contributed by atoms with Crippen molar-refractivity contribution in [2.24, 2.45) is 11.1 Å². The van der Waals surface area contributed by atoms with Crippen LogP contribution in [0.15, 0.2) is 59.8 Å². The molecule has 2 atom stereocenters. The van der Waals surface area contributed by atoms with Gasteiger partial charge in [-0.25, -0.2) is 0 Å². The van der Waals surface area contributed by atoms with Crippen molar-refractivity contribution in [2.45, 2.75) is 12.3 Å². The lowest BCUT2D eigenvalue weighted by Gasteiger charge is -2.04. The van der Waals surface area contributed by atoms with Gasteiger partial charge >= 0.3 is 0 Å². The summed E-state index contributed by atoms with van der Waals surface area (Å²) in [4.78, 5) is 0. The number of nitrogens with zero attached hydrogens (tertiary/aromatic N) is 1. The molecular formula is C16H14ClNO. The molecule has 2 aromatic carbocycles. The molecule has 0 amide bonds. The molecule has 19 heavy (non-hydrogen) atoms. The van der Waals surface area contributed by atoms with Crippen LogP contribution in [0.2, 0.25) is 5.02 Å². The highest BCUT2D eigenvalue weighted by atomic mass is 35.5. The Morgan fingerprint density at radius 2 is 1.74 bits per heavy atom. The number of oxime groups is 1. The lowest BCUT2D eigenvalue weighted by Crippen LogP contribution is -2.05. The van der Waals surface area contributed by atoms with Gasteiger partial charge < -0.3 is 5.21 Å². The predicted octanol–water partition coefficient (Wildman–Crippen LogP) is 4.32. The Labute approximate surface area is 117 Å². The maximum absolute atomic E-state index is 9.28. The van der Waals surface area contributed by atoms with E-state index < -0.39 is 0 Å². The fraction of sp³-hybridized carbons (Fsp3) is 0.188. The van der Waals surface area contributed by atoms with E-state index in [0.29, 0.717) is 16.9 Å². The number of hydrogen-bond acceptors (Lipinski definition) is 2. The lowest BCUT2D eigenvalue weighted by atomic mass is 10.0. The highest BCUT2D eigenvalue weighted by Crippen LogP contribution is 2.49. The van der Waals surface area contributed by atoms with E-state index in [4.69, 9.17) is 11.6 Å². The standard InChI is InChI=1S/C16H14ClNO/c17-13-8-6-12(7-9-13)16(18-19)15-10-14(15)11-4-2-1-3-5-11/h1-9,14-15,19H,10H2/b18-16+/t14-,15+/m0/s1. The molecule has 0 aliphatic heterocycles.